The second-order valence-electron chi connectivity index (χ2n) is 8.88. The van der Waals surface area contributed by atoms with E-state index in [1.165, 1.54) is 43.1 Å². The zero-order chi connectivity index (χ0) is 17.8. The van der Waals surface area contributed by atoms with Crippen molar-refractivity contribution in [3.8, 4) is 11.8 Å². The maximum atomic E-state index is 12.2. The summed E-state index contributed by atoms with van der Waals surface area (Å²) < 4.78 is 7.04. The lowest BCUT2D eigenvalue weighted by Gasteiger charge is -2.56. The number of hydrogen-bond acceptors (Lipinski definition) is 4. The van der Waals surface area contributed by atoms with Gasteiger partial charge in [0.1, 0.15) is 0 Å². The van der Waals surface area contributed by atoms with E-state index in [1.54, 1.807) is 13.8 Å². The Morgan fingerprint density at radius 1 is 1.04 bits per heavy atom. The maximum absolute atomic E-state index is 12.2. The lowest BCUT2D eigenvalue weighted by Crippen LogP contribution is -2.48. The van der Waals surface area contributed by atoms with Crippen molar-refractivity contribution < 1.29 is 19.7 Å². The highest BCUT2D eigenvalue weighted by atomic mass is 16.5. The number of ether oxygens (including phenoxy) is 1. The average Bonchev–Trinajstić information content (AvgIpc) is 2.74. The molecule has 1 aromatic heterocycles. The van der Waals surface area contributed by atoms with E-state index in [0.29, 0.717) is 17.7 Å². The van der Waals surface area contributed by atoms with Gasteiger partial charge in [0.25, 0.3) is 0 Å². The van der Waals surface area contributed by atoms with Gasteiger partial charge in [0.2, 0.25) is 0 Å². The molecule has 4 saturated carbocycles. The Morgan fingerprint density at radius 3 is 2.00 bits per heavy atom. The van der Waals surface area contributed by atoms with E-state index in [4.69, 9.17) is 4.74 Å². The van der Waals surface area contributed by atoms with E-state index >= 15 is 0 Å². The zero-order valence-electron chi connectivity index (χ0n) is 15.3. The highest BCUT2D eigenvalue weighted by Crippen LogP contribution is 2.60. The van der Waals surface area contributed by atoms with Crippen molar-refractivity contribution in [1.29, 1.82) is 0 Å². The highest BCUT2D eigenvalue weighted by molar-refractivity contribution is 5.69. The minimum absolute atomic E-state index is 0.0314. The Bertz CT molecular complexity index is 630. The summed E-state index contributed by atoms with van der Waals surface area (Å²) in [5.41, 5.74) is 1.54. The van der Waals surface area contributed by atoms with Gasteiger partial charge in [-0.3, -0.25) is 9.36 Å². The molecule has 1 aromatic rings. The number of nitrogens with zero attached hydrogens (tertiary/aromatic N) is 1. The number of hydrogen-bond donors (Lipinski definition) is 2. The van der Waals surface area contributed by atoms with Crippen LogP contribution in [0.3, 0.4) is 0 Å². The molecule has 4 bridgehead atoms. The Kier molecular flexibility index (Phi) is 4.00. The van der Waals surface area contributed by atoms with Crippen LogP contribution in [0.2, 0.25) is 0 Å². The van der Waals surface area contributed by atoms with Crippen LogP contribution < -0.4 is 0 Å². The molecule has 1 heterocycles. The number of rotatable bonds is 5. The number of carbonyl (C=O) groups is 1. The first-order valence-electron chi connectivity index (χ1n) is 9.60. The van der Waals surface area contributed by atoms with E-state index in [1.807, 2.05) is 0 Å². The van der Waals surface area contributed by atoms with Crippen molar-refractivity contribution in [3.63, 3.8) is 0 Å². The topological polar surface area (TPSA) is 71.7 Å². The molecule has 0 spiro atoms. The summed E-state index contributed by atoms with van der Waals surface area (Å²) in [6.07, 6.45) is 8.01. The van der Waals surface area contributed by atoms with Gasteiger partial charge < -0.3 is 14.9 Å². The number of esters is 1. The lowest BCUT2D eigenvalue weighted by atomic mass is 9.50. The van der Waals surface area contributed by atoms with Gasteiger partial charge in [-0.25, -0.2) is 0 Å². The molecule has 4 aliphatic rings. The van der Waals surface area contributed by atoms with Crippen molar-refractivity contribution in [2.24, 2.45) is 23.2 Å². The van der Waals surface area contributed by atoms with Crippen LogP contribution in [0.5, 0.6) is 11.8 Å². The molecular formula is C20H29NO4. The first kappa shape index (κ1) is 16.8. The Balaban J connectivity index is 1.32. The van der Waals surface area contributed by atoms with Crippen molar-refractivity contribution in [2.45, 2.75) is 65.3 Å². The monoisotopic (exact) mass is 347 g/mol. The van der Waals surface area contributed by atoms with Crippen LogP contribution in [0.1, 0.15) is 56.1 Å². The molecule has 5 nitrogen and oxygen atoms in total. The standard InChI is InChI=1S/C20H29NO4/c1-12-13(2)19(24)21(18(12)23)4-3-17(22)25-11-20-8-14-5-15(9-20)7-16(6-14)10-20/h14-16,23-24H,3-11H2,1-2H3. The molecule has 5 heteroatoms. The van der Waals surface area contributed by atoms with E-state index in [0.717, 1.165) is 17.8 Å². The molecule has 4 aliphatic carbocycles. The summed E-state index contributed by atoms with van der Waals surface area (Å²) in [6, 6.07) is 0. The van der Waals surface area contributed by atoms with Crippen LogP contribution in [0.25, 0.3) is 0 Å². The minimum Gasteiger partial charge on any atom is -0.494 e. The van der Waals surface area contributed by atoms with Crippen LogP contribution in [0.4, 0.5) is 0 Å². The summed E-state index contributed by atoms with van der Waals surface area (Å²) in [5, 5.41) is 20.1. The summed E-state index contributed by atoms with van der Waals surface area (Å²) in [5.74, 6) is 2.38. The van der Waals surface area contributed by atoms with Gasteiger partial charge in [-0.05, 0) is 70.1 Å². The molecule has 0 amide bonds. The average molecular weight is 347 g/mol. The highest BCUT2D eigenvalue weighted by Gasteiger charge is 2.51. The molecule has 138 valence electrons. The Hall–Kier alpha value is -1.65. The fraction of sp³-hybridized carbons (Fsp3) is 0.750. The predicted molar refractivity (Wildman–Crippen MR) is 93.4 cm³/mol. The van der Waals surface area contributed by atoms with E-state index in [9.17, 15) is 15.0 Å². The van der Waals surface area contributed by atoms with Crippen LogP contribution in [-0.2, 0) is 16.1 Å². The van der Waals surface area contributed by atoms with Crippen LogP contribution in [0, 0.1) is 37.0 Å². The summed E-state index contributed by atoms with van der Waals surface area (Å²) >= 11 is 0. The Morgan fingerprint density at radius 2 is 1.52 bits per heavy atom. The van der Waals surface area contributed by atoms with Gasteiger partial charge >= 0.3 is 5.97 Å². The fourth-order valence-electron chi connectivity index (χ4n) is 6.03. The molecule has 0 aromatic carbocycles. The van der Waals surface area contributed by atoms with Crippen molar-refractivity contribution >= 4 is 5.97 Å². The molecule has 0 saturated heterocycles. The smallest absolute Gasteiger partial charge is 0.307 e. The third-order valence-corrected chi connectivity index (χ3v) is 6.99. The molecule has 0 atom stereocenters. The summed E-state index contributed by atoms with van der Waals surface area (Å²) in [7, 11) is 0. The van der Waals surface area contributed by atoms with Crippen LogP contribution >= 0.6 is 0 Å². The first-order valence-corrected chi connectivity index (χ1v) is 9.60. The van der Waals surface area contributed by atoms with Gasteiger partial charge in [0.15, 0.2) is 11.8 Å². The lowest BCUT2D eigenvalue weighted by molar-refractivity contribution is -0.155. The molecule has 2 N–H and O–H groups in total. The Labute approximate surface area is 149 Å². The number of aromatic hydroxyl groups is 2. The van der Waals surface area contributed by atoms with Crippen LogP contribution in [-0.4, -0.2) is 27.4 Å². The minimum atomic E-state index is -0.237. The second-order valence-corrected chi connectivity index (χ2v) is 8.88. The summed E-state index contributed by atoms with van der Waals surface area (Å²) in [6.45, 7) is 4.31. The van der Waals surface area contributed by atoms with E-state index < -0.39 is 0 Å². The number of carbonyl (C=O) groups excluding carboxylic acids is 1. The van der Waals surface area contributed by atoms with Gasteiger partial charge in [-0.2, -0.15) is 0 Å². The third kappa shape index (κ3) is 2.91. The van der Waals surface area contributed by atoms with Gasteiger partial charge in [-0.15, -0.1) is 0 Å². The van der Waals surface area contributed by atoms with Crippen LogP contribution in [0.15, 0.2) is 0 Å². The second kappa shape index (κ2) is 5.96. The number of aromatic nitrogens is 1. The third-order valence-electron chi connectivity index (χ3n) is 6.99. The molecule has 0 unspecified atom stereocenters. The van der Waals surface area contributed by atoms with Crippen molar-refractivity contribution in [2.75, 3.05) is 6.61 Å². The van der Waals surface area contributed by atoms with Gasteiger partial charge in [0, 0.05) is 23.1 Å². The SMILES string of the molecule is Cc1c(C)c(O)n(CCC(=O)OCC23CC4CC(CC(C4)C2)C3)c1O. The molecule has 5 rings (SSSR count). The molecule has 0 aliphatic heterocycles. The molecule has 4 fully saturated rings. The quantitative estimate of drug-likeness (QED) is 0.797. The zero-order valence-corrected chi connectivity index (χ0v) is 15.3. The van der Waals surface area contributed by atoms with Gasteiger partial charge in [-0.1, -0.05) is 0 Å². The van der Waals surface area contributed by atoms with Crippen molar-refractivity contribution in [3.05, 3.63) is 11.1 Å². The first-order chi connectivity index (χ1) is 11.9. The molecular weight excluding hydrogens is 318 g/mol. The normalized spacial score (nSPS) is 33.0. The van der Waals surface area contributed by atoms with Crippen molar-refractivity contribution in [1.82, 2.24) is 4.57 Å². The molecule has 25 heavy (non-hydrogen) atoms. The summed E-state index contributed by atoms with van der Waals surface area (Å²) in [4.78, 5) is 12.2. The predicted octanol–water partition coefficient (Wildman–Crippen LogP) is 3.67. The largest absolute Gasteiger partial charge is 0.494 e. The van der Waals surface area contributed by atoms with E-state index in [-0.39, 0.29) is 36.1 Å². The van der Waals surface area contributed by atoms with Gasteiger partial charge in [0.05, 0.1) is 13.0 Å². The maximum Gasteiger partial charge on any atom is 0.307 e. The van der Waals surface area contributed by atoms with E-state index in [2.05, 4.69) is 0 Å². The molecule has 0 radical (unpaired) electrons. The fourth-order valence-corrected chi connectivity index (χ4v) is 6.03.